The molecule has 0 saturated heterocycles. The van der Waals surface area contributed by atoms with Crippen molar-refractivity contribution in [3.8, 4) is 11.5 Å². The van der Waals surface area contributed by atoms with Crippen molar-refractivity contribution in [2.45, 2.75) is 64.2 Å². The first-order chi connectivity index (χ1) is 14.3. The van der Waals surface area contributed by atoms with E-state index in [9.17, 15) is 0 Å². The second-order valence-electron chi connectivity index (χ2n) is 8.27. The Balaban J connectivity index is 1.19. The normalized spacial score (nSPS) is 13.4. The van der Waals surface area contributed by atoms with Gasteiger partial charge in [-0.15, -0.1) is 0 Å². The van der Waals surface area contributed by atoms with E-state index in [1.54, 1.807) is 0 Å². The fourth-order valence-corrected chi connectivity index (χ4v) is 3.60. The zero-order valence-electron chi connectivity index (χ0n) is 17.8. The SMILES string of the molecule is NCCc1ccc(OCCCCCOc2ccc(CCCCC3CC3)cc2)cc1. The first-order valence-corrected chi connectivity index (χ1v) is 11.5. The molecule has 1 aliphatic carbocycles. The summed E-state index contributed by atoms with van der Waals surface area (Å²) in [5.41, 5.74) is 8.27. The first kappa shape index (κ1) is 21.7. The Bertz CT molecular complexity index is 677. The Morgan fingerprint density at radius 1 is 0.655 bits per heavy atom. The van der Waals surface area contributed by atoms with Gasteiger partial charge in [-0.25, -0.2) is 0 Å². The van der Waals surface area contributed by atoms with Crippen LogP contribution in [0.25, 0.3) is 0 Å². The van der Waals surface area contributed by atoms with Crippen molar-refractivity contribution in [3.63, 3.8) is 0 Å². The van der Waals surface area contributed by atoms with Gasteiger partial charge < -0.3 is 15.2 Å². The van der Waals surface area contributed by atoms with E-state index in [-0.39, 0.29) is 0 Å². The lowest BCUT2D eigenvalue weighted by Gasteiger charge is -2.09. The number of aryl methyl sites for hydroxylation is 1. The molecule has 2 N–H and O–H groups in total. The highest BCUT2D eigenvalue weighted by molar-refractivity contribution is 5.28. The van der Waals surface area contributed by atoms with E-state index in [4.69, 9.17) is 15.2 Å². The van der Waals surface area contributed by atoms with E-state index >= 15 is 0 Å². The second-order valence-corrected chi connectivity index (χ2v) is 8.27. The van der Waals surface area contributed by atoms with Crippen LogP contribution in [0.2, 0.25) is 0 Å². The topological polar surface area (TPSA) is 44.5 Å². The molecule has 0 aromatic heterocycles. The lowest BCUT2D eigenvalue weighted by Crippen LogP contribution is -2.03. The van der Waals surface area contributed by atoms with Crippen molar-refractivity contribution in [2.24, 2.45) is 11.7 Å². The van der Waals surface area contributed by atoms with Gasteiger partial charge in [0.1, 0.15) is 11.5 Å². The minimum absolute atomic E-state index is 0.687. The number of benzene rings is 2. The molecule has 0 aliphatic heterocycles. The van der Waals surface area contributed by atoms with Crippen molar-refractivity contribution in [2.75, 3.05) is 19.8 Å². The summed E-state index contributed by atoms with van der Waals surface area (Å²) >= 11 is 0. The van der Waals surface area contributed by atoms with E-state index in [2.05, 4.69) is 36.4 Å². The summed E-state index contributed by atoms with van der Waals surface area (Å²) in [7, 11) is 0. The molecule has 0 unspecified atom stereocenters. The van der Waals surface area contributed by atoms with Gasteiger partial charge >= 0.3 is 0 Å². The van der Waals surface area contributed by atoms with Crippen molar-refractivity contribution in [1.82, 2.24) is 0 Å². The highest BCUT2D eigenvalue weighted by atomic mass is 16.5. The number of hydrogen-bond donors (Lipinski definition) is 1. The summed E-state index contributed by atoms with van der Waals surface area (Å²) in [6, 6.07) is 16.9. The summed E-state index contributed by atoms with van der Waals surface area (Å²) < 4.78 is 11.7. The van der Waals surface area contributed by atoms with Crippen molar-refractivity contribution in [1.29, 1.82) is 0 Å². The van der Waals surface area contributed by atoms with E-state index in [1.165, 1.54) is 49.7 Å². The summed E-state index contributed by atoms with van der Waals surface area (Å²) in [5, 5.41) is 0. The number of unbranched alkanes of at least 4 members (excludes halogenated alkanes) is 3. The molecular weight excluding hydrogens is 358 g/mol. The van der Waals surface area contributed by atoms with Gasteiger partial charge in [-0.2, -0.15) is 0 Å². The average molecular weight is 396 g/mol. The highest BCUT2D eigenvalue weighted by Crippen LogP contribution is 2.34. The van der Waals surface area contributed by atoms with Crippen LogP contribution in [-0.4, -0.2) is 19.8 Å². The molecule has 2 aromatic rings. The maximum absolute atomic E-state index is 5.88. The molecule has 3 heteroatoms. The Hall–Kier alpha value is -2.00. The molecule has 1 fully saturated rings. The molecule has 158 valence electrons. The number of ether oxygens (including phenoxy) is 2. The molecule has 0 radical (unpaired) electrons. The van der Waals surface area contributed by atoms with Crippen LogP contribution in [0.3, 0.4) is 0 Å². The van der Waals surface area contributed by atoms with E-state index in [0.29, 0.717) is 6.54 Å². The van der Waals surface area contributed by atoms with Gasteiger partial charge in [-0.3, -0.25) is 0 Å². The van der Waals surface area contributed by atoms with Gasteiger partial charge in [0.05, 0.1) is 13.2 Å². The van der Waals surface area contributed by atoms with Crippen LogP contribution >= 0.6 is 0 Å². The molecule has 0 atom stereocenters. The fraction of sp³-hybridized carbons (Fsp3) is 0.538. The first-order valence-electron chi connectivity index (χ1n) is 11.5. The predicted octanol–water partition coefficient (Wildman–Crippen LogP) is 5.94. The Morgan fingerprint density at radius 2 is 1.21 bits per heavy atom. The number of hydrogen-bond acceptors (Lipinski definition) is 3. The maximum atomic E-state index is 5.88. The molecule has 1 saturated carbocycles. The molecule has 3 nitrogen and oxygen atoms in total. The highest BCUT2D eigenvalue weighted by Gasteiger charge is 2.19. The largest absolute Gasteiger partial charge is 0.494 e. The molecule has 0 spiro atoms. The lowest BCUT2D eigenvalue weighted by atomic mass is 10.1. The third kappa shape index (κ3) is 8.91. The Labute approximate surface area is 176 Å². The fourth-order valence-electron chi connectivity index (χ4n) is 3.60. The summed E-state index contributed by atoms with van der Waals surface area (Å²) in [5.74, 6) is 2.99. The summed E-state index contributed by atoms with van der Waals surface area (Å²) in [4.78, 5) is 0. The second kappa shape index (κ2) is 12.5. The van der Waals surface area contributed by atoms with Gasteiger partial charge in [0.2, 0.25) is 0 Å². The standard InChI is InChI=1S/C26H37NO2/c27-19-18-24-12-16-26(17-13-24)29-21-5-1-4-20-28-25-14-10-23(11-15-25)7-3-2-6-22-8-9-22/h10-17,22H,1-9,18-21,27H2. The lowest BCUT2D eigenvalue weighted by molar-refractivity contribution is 0.279. The average Bonchev–Trinajstić information content (AvgIpc) is 3.57. The molecule has 2 aromatic carbocycles. The summed E-state index contributed by atoms with van der Waals surface area (Å²) in [6.07, 6.45) is 12.4. The zero-order valence-corrected chi connectivity index (χ0v) is 17.8. The summed E-state index contributed by atoms with van der Waals surface area (Å²) in [6.45, 7) is 2.22. The van der Waals surface area contributed by atoms with Gasteiger partial charge in [-0.05, 0) is 86.4 Å². The molecule has 0 heterocycles. The minimum atomic E-state index is 0.687. The van der Waals surface area contributed by atoms with Crippen LogP contribution in [0, 0.1) is 5.92 Å². The van der Waals surface area contributed by atoms with Crippen molar-refractivity contribution in [3.05, 3.63) is 59.7 Å². The number of rotatable bonds is 15. The maximum Gasteiger partial charge on any atom is 0.119 e. The van der Waals surface area contributed by atoms with Crippen LogP contribution in [-0.2, 0) is 12.8 Å². The molecular formula is C26H37NO2. The van der Waals surface area contributed by atoms with Gasteiger partial charge in [0.25, 0.3) is 0 Å². The monoisotopic (exact) mass is 395 g/mol. The van der Waals surface area contributed by atoms with Crippen LogP contribution in [0.5, 0.6) is 11.5 Å². The quantitative estimate of drug-likeness (QED) is 0.380. The van der Waals surface area contributed by atoms with Crippen LogP contribution in [0.1, 0.15) is 62.5 Å². The third-order valence-electron chi connectivity index (χ3n) is 5.63. The zero-order chi connectivity index (χ0) is 20.2. The van der Waals surface area contributed by atoms with Gasteiger partial charge in [0, 0.05) is 0 Å². The molecule has 0 bridgehead atoms. The van der Waals surface area contributed by atoms with Crippen molar-refractivity contribution >= 4 is 0 Å². The van der Waals surface area contributed by atoms with E-state index in [0.717, 1.165) is 56.3 Å². The third-order valence-corrected chi connectivity index (χ3v) is 5.63. The van der Waals surface area contributed by atoms with Crippen LogP contribution in [0.4, 0.5) is 0 Å². The van der Waals surface area contributed by atoms with Gasteiger partial charge in [-0.1, -0.05) is 49.9 Å². The molecule has 3 rings (SSSR count). The van der Waals surface area contributed by atoms with E-state index < -0.39 is 0 Å². The molecule has 1 aliphatic rings. The Kier molecular flexibility index (Phi) is 9.38. The van der Waals surface area contributed by atoms with Crippen LogP contribution in [0.15, 0.2) is 48.5 Å². The van der Waals surface area contributed by atoms with Gasteiger partial charge in [0.15, 0.2) is 0 Å². The predicted molar refractivity (Wildman–Crippen MR) is 121 cm³/mol. The molecule has 0 amide bonds. The minimum Gasteiger partial charge on any atom is -0.494 e. The smallest absolute Gasteiger partial charge is 0.119 e. The van der Waals surface area contributed by atoms with E-state index in [1.807, 2.05) is 12.1 Å². The Morgan fingerprint density at radius 3 is 1.72 bits per heavy atom. The molecule has 29 heavy (non-hydrogen) atoms. The van der Waals surface area contributed by atoms with Crippen LogP contribution < -0.4 is 15.2 Å². The number of nitrogens with two attached hydrogens (primary N) is 1. The van der Waals surface area contributed by atoms with Crippen molar-refractivity contribution < 1.29 is 9.47 Å².